The number of hydrogen-bond acceptors (Lipinski definition) is 3. The number of hydrogen-bond donors (Lipinski definition) is 2. The number of carbonyl (C=O) groups is 1. The molecule has 2 atom stereocenters. The highest BCUT2D eigenvalue weighted by molar-refractivity contribution is 5.89. The highest BCUT2D eigenvalue weighted by Gasteiger charge is 2.46. The maximum atomic E-state index is 11.0. The van der Waals surface area contributed by atoms with Crippen LogP contribution < -0.4 is 0 Å². The molecule has 1 aliphatic carbocycles. The van der Waals surface area contributed by atoms with E-state index in [2.05, 4.69) is 0 Å². The molecule has 0 radical (unpaired) electrons. The molecule has 4 heteroatoms. The summed E-state index contributed by atoms with van der Waals surface area (Å²) in [5.74, 6) is -0.722. The Labute approximate surface area is 93.9 Å². The molecule has 2 rings (SSSR count). The van der Waals surface area contributed by atoms with Gasteiger partial charge in [0, 0.05) is 0 Å². The Kier molecular flexibility index (Phi) is 2.76. The zero-order chi connectivity index (χ0) is 11.8. The number of aliphatic hydroxyl groups is 1. The van der Waals surface area contributed by atoms with Gasteiger partial charge < -0.3 is 14.6 Å². The van der Waals surface area contributed by atoms with E-state index in [-0.39, 0.29) is 17.2 Å². The van der Waals surface area contributed by atoms with Crippen molar-refractivity contribution in [1.29, 1.82) is 0 Å². The van der Waals surface area contributed by atoms with Crippen LogP contribution in [0, 0.1) is 5.92 Å². The lowest BCUT2D eigenvalue weighted by molar-refractivity contribution is -0.0246. The highest BCUT2D eigenvalue weighted by atomic mass is 16.4. The predicted molar refractivity (Wildman–Crippen MR) is 57.2 cm³/mol. The van der Waals surface area contributed by atoms with E-state index < -0.39 is 11.6 Å². The molecule has 2 N–H and O–H groups in total. The third kappa shape index (κ3) is 1.53. The third-order valence-electron chi connectivity index (χ3n) is 3.57. The Morgan fingerprint density at radius 3 is 3.06 bits per heavy atom. The first-order valence-corrected chi connectivity index (χ1v) is 5.63. The summed E-state index contributed by atoms with van der Waals surface area (Å²) < 4.78 is 5.21. The molecule has 1 heterocycles. The molecule has 0 aromatic carbocycles. The fourth-order valence-corrected chi connectivity index (χ4v) is 2.71. The van der Waals surface area contributed by atoms with Gasteiger partial charge in [-0.2, -0.15) is 0 Å². The highest BCUT2D eigenvalue weighted by Crippen LogP contribution is 2.46. The lowest BCUT2D eigenvalue weighted by Crippen LogP contribution is -2.31. The van der Waals surface area contributed by atoms with Gasteiger partial charge in [-0.15, -0.1) is 0 Å². The Hall–Kier alpha value is -1.29. The summed E-state index contributed by atoms with van der Waals surface area (Å²) in [6, 6.07) is 1.40. The fraction of sp³-hybridized carbons (Fsp3) is 0.583. The van der Waals surface area contributed by atoms with Crippen molar-refractivity contribution >= 4 is 5.97 Å². The Bertz CT molecular complexity index is 395. The first kappa shape index (κ1) is 11.2. The summed E-state index contributed by atoms with van der Waals surface area (Å²) in [6.45, 7) is 2.00. The molecule has 1 aliphatic rings. The van der Waals surface area contributed by atoms with Crippen LogP contribution in [-0.4, -0.2) is 16.2 Å². The molecule has 4 nitrogen and oxygen atoms in total. The van der Waals surface area contributed by atoms with E-state index in [1.54, 1.807) is 0 Å². The topological polar surface area (TPSA) is 70.7 Å². The van der Waals surface area contributed by atoms with E-state index in [0.717, 1.165) is 19.3 Å². The van der Waals surface area contributed by atoms with Crippen molar-refractivity contribution in [2.45, 2.75) is 38.2 Å². The molecule has 0 saturated heterocycles. The number of aromatic carboxylic acids is 1. The van der Waals surface area contributed by atoms with Gasteiger partial charge >= 0.3 is 5.97 Å². The molecule has 2 unspecified atom stereocenters. The van der Waals surface area contributed by atoms with Gasteiger partial charge in [0.2, 0.25) is 0 Å². The van der Waals surface area contributed by atoms with Crippen molar-refractivity contribution in [1.82, 2.24) is 0 Å². The van der Waals surface area contributed by atoms with Crippen molar-refractivity contribution in [3.63, 3.8) is 0 Å². The van der Waals surface area contributed by atoms with Crippen molar-refractivity contribution in [2.75, 3.05) is 0 Å². The van der Waals surface area contributed by atoms with Gasteiger partial charge in [-0.25, -0.2) is 4.79 Å². The standard InChI is InChI=1S/C12H16O4/c1-2-8-4-3-6-12(8,15)10-9(11(13)14)5-7-16-10/h5,7-8,15H,2-4,6H2,1H3,(H,13,14). The average molecular weight is 224 g/mol. The minimum Gasteiger partial charge on any atom is -0.478 e. The predicted octanol–water partition coefficient (Wildman–Crippen LogP) is 2.38. The number of rotatable bonds is 3. The molecule has 1 aromatic rings. The third-order valence-corrected chi connectivity index (χ3v) is 3.57. The lowest BCUT2D eigenvalue weighted by Gasteiger charge is -2.27. The summed E-state index contributed by atoms with van der Waals surface area (Å²) in [6.07, 6.45) is 4.58. The minimum absolute atomic E-state index is 0.0860. The molecule has 0 spiro atoms. The maximum Gasteiger partial charge on any atom is 0.339 e. The number of carboxylic acid groups (broad SMARTS) is 1. The lowest BCUT2D eigenvalue weighted by atomic mass is 9.85. The van der Waals surface area contributed by atoms with Crippen LogP contribution >= 0.6 is 0 Å². The van der Waals surface area contributed by atoms with Gasteiger partial charge in [-0.05, 0) is 31.2 Å². The number of furan rings is 1. The van der Waals surface area contributed by atoms with Crippen LogP contribution in [0.25, 0.3) is 0 Å². The summed E-state index contributed by atoms with van der Waals surface area (Å²) in [4.78, 5) is 11.0. The number of carboxylic acids is 1. The molecule has 0 aliphatic heterocycles. The van der Waals surface area contributed by atoms with Crippen LogP contribution in [-0.2, 0) is 5.60 Å². The molecule has 88 valence electrons. The summed E-state index contributed by atoms with van der Waals surface area (Å²) >= 11 is 0. The smallest absolute Gasteiger partial charge is 0.339 e. The zero-order valence-electron chi connectivity index (χ0n) is 9.27. The van der Waals surface area contributed by atoms with Gasteiger partial charge in [-0.3, -0.25) is 0 Å². The van der Waals surface area contributed by atoms with E-state index >= 15 is 0 Å². The van der Waals surface area contributed by atoms with E-state index in [1.807, 2.05) is 6.92 Å². The Morgan fingerprint density at radius 1 is 1.69 bits per heavy atom. The van der Waals surface area contributed by atoms with Gasteiger partial charge in [0.25, 0.3) is 0 Å². The molecule has 16 heavy (non-hydrogen) atoms. The summed E-state index contributed by atoms with van der Waals surface area (Å²) in [7, 11) is 0. The van der Waals surface area contributed by atoms with Crippen LogP contribution in [0.2, 0.25) is 0 Å². The van der Waals surface area contributed by atoms with Gasteiger partial charge in [0.05, 0.1) is 6.26 Å². The molecule has 1 aromatic heterocycles. The van der Waals surface area contributed by atoms with E-state index in [1.165, 1.54) is 12.3 Å². The summed E-state index contributed by atoms with van der Waals surface area (Å²) in [5.41, 5.74) is -1.01. The monoisotopic (exact) mass is 224 g/mol. The normalized spacial score (nSPS) is 29.5. The molecule has 1 fully saturated rings. The van der Waals surface area contributed by atoms with Gasteiger partial charge in [0.15, 0.2) is 0 Å². The van der Waals surface area contributed by atoms with Gasteiger partial charge in [0.1, 0.15) is 16.9 Å². The Balaban J connectivity index is 2.42. The van der Waals surface area contributed by atoms with Crippen molar-refractivity contribution in [3.05, 3.63) is 23.7 Å². The second kappa shape index (κ2) is 3.94. The molecular formula is C12H16O4. The SMILES string of the molecule is CCC1CCCC1(O)c1occc1C(=O)O. The van der Waals surface area contributed by atoms with Crippen LogP contribution in [0.5, 0.6) is 0 Å². The van der Waals surface area contributed by atoms with Crippen LogP contribution in [0.4, 0.5) is 0 Å². The maximum absolute atomic E-state index is 11.0. The van der Waals surface area contributed by atoms with Crippen LogP contribution in [0.1, 0.15) is 48.7 Å². The van der Waals surface area contributed by atoms with Crippen molar-refractivity contribution in [2.24, 2.45) is 5.92 Å². The molecular weight excluding hydrogens is 208 g/mol. The second-order valence-corrected chi connectivity index (χ2v) is 4.39. The second-order valence-electron chi connectivity index (χ2n) is 4.39. The van der Waals surface area contributed by atoms with E-state index in [9.17, 15) is 9.90 Å². The Morgan fingerprint density at radius 2 is 2.44 bits per heavy atom. The van der Waals surface area contributed by atoms with Crippen molar-refractivity contribution < 1.29 is 19.4 Å². The summed E-state index contributed by atoms with van der Waals surface area (Å²) in [5, 5.41) is 19.6. The zero-order valence-corrected chi connectivity index (χ0v) is 9.27. The molecule has 0 amide bonds. The first-order valence-electron chi connectivity index (χ1n) is 5.63. The van der Waals surface area contributed by atoms with E-state index in [0.29, 0.717) is 6.42 Å². The first-order chi connectivity index (χ1) is 7.59. The van der Waals surface area contributed by atoms with E-state index in [4.69, 9.17) is 9.52 Å². The van der Waals surface area contributed by atoms with Crippen molar-refractivity contribution in [3.8, 4) is 0 Å². The molecule has 0 bridgehead atoms. The fourth-order valence-electron chi connectivity index (χ4n) is 2.71. The minimum atomic E-state index is -1.09. The quantitative estimate of drug-likeness (QED) is 0.826. The average Bonchev–Trinajstić information content (AvgIpc) is 2.83. The largest absolute Gasteiger partial charge is 0.478 e. The van der Waals surface area contributed by atoms with Gasteiger partial charge in [-0.1, -0.05) is 13.3 Å². The molecule has 1 saturated carbocycles. The van der Waals surface area contributed by atoms with Crippen LogP contribution in [0.3, 0.4) is 0 Å². The van der Waals surface area contributed by atoms with Crippen LogP contribution in [0.15, 0.2) is 16.7 Å².